The number of carbonyl (C=O) groups excluding carboxylic acids is 2. The Hall–Kier alpha value is -3.22. The van der Waals surface area contributed by atoms with Crippen LogP contribution in [-0.4, -0.2) is 22.9 Å². The first kappa shape index (κ1) is 22.0. The minimum atomic E-state index is -0.617. The van der Waals surface area contributed by atoms with Crippen molar-refractivity contribution in [3.8, 4) is 5.75 Å². The Morgan fingerprint density at radius 1 is 1.00 bits per heavy atom. The summed E-state index contributed by atoms with van der Waals surface area (Å²) >= 11 is 11.9. The molecule has 0 saturated heterocycles. The Morgan fingerprint density at radius 3 is 2.44 bits per heavy atom. The quantitative estimate of drug-likeness (QED) is 0.495. The van der Waals surface area contributed by atoms with Gasteiger partial charge in [0, 0.05) is 40.1 Å². The van der Waals surface area contributed by atoms with Crippen molar-refractivity contribution >= 4 is 46.5 Å². The normalized spacial score (nSPS) is 15.4. The summed E-state index contributed by atoms with van der Waals surface area (Å²) in [5.41, 5.74) is 2.94. The minimum absolute atomic E-state index is 0.107. The van der Waals surface area contributed by atoms with Crippen molar-refractivity contribution in [2.75, 3.05) is 10.6 Å². The molecule has 8 heteroatoms. The third-order valence-electron chi connectivity index (χ3n) is 5.01. The summed E-state index contributed by atoms with van der Waals surface area (Å²) in [5, 5.41) is 6.72. The largest absolute Gasteiger partial charge is 0.481 e. The van der Waals surface area contributed by atoms with Gasteiger partial charge >= 0.3 is 6.03 Å². The van der Waals surface area contributed by atoms with E-state index < -0.39 is 12.1 Å². The zero-order valence-corrected chi connectivity index (χ0v) is 18.8. The second-order valence-corrected chi connectivity index (χ2v) is 8.37. The molecule has 1 heterocycles. The highest BCUT2D eigenvalue weighted by Crippen LogP contribution is 2.29. The Kier molecular flexibility index (Phi) is 6.53. The molecule has 164 valence electrons. The van der Waals surface area contributed by atoms with E-state index in [-0.39, 0.29) is 5.91 Å². The predicted molar refractivity (Wildman–Crippen MR) is 126 cm³/mol. The molecule has 6 nitrogen and oxygen atoms in total. The molecule has 3 amide bonds. The highest BCUT2D eigenvalue weighted by molar-refractivity contribution is 6.31. The van der Waals surface area contributed by atoms with Crippen molar-refractivity contribution in [3.63, 3.8) is 0 Å². The van der Waals surface area contributed by atoms with Gasteiger partial charge < -0.3 is 20.3 Å². The molecule has 0 saturated carbocycles. The lowest BCUT2D eigenvalue weighted by Gasteiger charge is -2.22. The topological polar surface area (TPSA) is 70.7 Å². The molecule has 3 aromatic rings. The molecule has 0 spiro atoms. The highest BCUT2D eigenvalue weighted by atomic mass is 35.5. The average Bonchev–Trinajstić information content (AvgIpc) is 2.86. The lowest BCUT2D eigenvalue weighted by molar-refractivity contribution is -0.138. The molecule has 0 radical (unpaired) electrons. The van der Waals surface area contributed by atoms with Crippen LogP contribution in [0.5, 0.6) is 5.75 Å². The zero-order chi connectivity index (χ0) is 22.7. The van der Waals surface area contributed by atoms with E-state index in [2.05, 4.69) is 10.6 Å². The molecule has 1 atom stereocenters. The van der Waals surface area contributed by atoms with Crippen molar-refractivity contribution in [1.29, 1.82) is 0 Å². The maximum absolute atomic E-state index is 12.9. The monoisotopic (exact) mass is 469 g/mol. The first-order chi connectivity index (χ1) is 15.4. The first-order valence-electron chi connectivity index (χ1n) is 10.0. The van der Waals surface area contributed by atoms with Gasteiger partial charge in [0.05, 0.1) is 0 Å². The first-order valence-corrected chi connectivity index (χ1v) is 10.8. The minimum Gasteiger partial charge on any atom is -0.481 e. The van der Waals surface area contributed by atoms with Crippen LogP contribution in [0.2, 0.25) is 10.0 Å². The van der Waals surface area contributed by atoms with Gasteiger partial charge in [-0.1, -0.05) is 41.4 Å². The SMILES string of the molecule is CC1Oc2ccc(NC(=O)Nc3cccc(Cl)c3)cc2CN(Cc2ccc(Cl)cc2)C1=O. The summed E-state index contributed by atoms with van der Waals surface area (Å²) in [6.07, 6.45) is -0.617. The number of hydrogen-bond acceptors (Lipinski definition) is 3. The van der Waals surface area contributed by atoms with E-state index in [0.717, 1.165) is 11.1 Å². The summed E-state index contributed by atoms with van der Waals surface area (Å²) < 4.78 is 5.87. The number of hydrogen-bond donors (Lipinski definition) is 2. The number of fused-ring (bicyclic) bond motifs is 1. The van der Waals surface area contributed by atoms with E-state index in [9.17, 15) is 9.59 Å². The molecule has 4 rings (SSSR count). The zero-order valence-electron chi connectivity index (χ0n) is 17.3. The molecule has 0 aromatic heterocycles. The number of amides is 3. The number of nitrogens with zero attached hydrogens (tertiary/aromatic N) is 1. The number of ether oxygens (including phenoxy) is 1. The molecular weight excluding hydrogens is 449 g/mol. The van der Waals surface area contributed by atoms with E-state index in [1.54, 1.807) is 60.4 Å². The van der Waals surface area contributed by atoms with Crippen LogP contribution >= 0.6 is 23.2 Å². The number of nitrogens with one attached hydrogen (secondary N) is 2. The van der Waals surface area contributed by atoms with Gasteiger partial charge in [-0.3, -0.25) is 4.79 Å². The van der Waals surface area contributed by atoms with Gasteiger partial charge in [-0.05, 0) is 61.0 Å². The van der Waals surface area contributed by atoms with Gasteiger partial charge in [0.15, 0.2) is 6.10 Å². The van der Waals surface area contributed by atoms with Crippen LogP contribution in [0.4, 0.5) is 16.2 Å². The van der Waals surface area contributed by atoms with Crippen LogP contribution in [-0.2, 0) is 17.9 Å². The number of rotatable bonds is 4. The van der Waals surface area contributed by atoms with Crippen LogP contribution in [0.3, 0.4) is 0 Å². The summed E-state index contributed by atoms with van der Waals surface area (Å²) in [6, 6.07) is 19.2. The fourth-order valence-electron chi connectivity index (χ4n) is 3.48. The van der Waals surface area contributed by atoms with Gasteiger partial charge in [0.1, 0.15) is 5.75 Å². The molecule has 1 aliphatic rings. The summed E-state index contributed by atoms with van der Waals surface area (Å²) in [5.74, 6) is 0.509. The smallest absolute Gasteiger partial charge is 0.323 e. The fourth-order valence-corrected chi connectivity index (χ4v) is 3.80. The van der Waals surface area contributed by atoms with Crippen LogP contribution in [0.1, 0.15) is 18.1 Å². The van der Waals surface area contributed by atoms with Gasteiger partial charge in [-0.25, -0.2) is 4.79 Å². The second-order valence-electron chi connectivity index (χ2n) is 7.49. The number of anilines is 2. The van der Waals surface area contributed by atoms with Crippen LogP contribution < -0.4 is 15.4 Å². The van der Waals surface area contributed by atoms with Gasteiger partial charge in [0.2, 0.25) is 0 Å². The number of carbonyl (C=O) groups is 2. The third-order valence-corrected chi connectivity index (χ3v) is 5.50. The number of urea groups is 1. The molecule has 1 aliphatic heterocycles. The lowest BCUT2D eigenvalue weighted by Crippen LogP contribution is -2.37. The summed E-state index contributed by atoms with van der Waals surface area (Å²) in [4.78, 5) is 27.0. The van der Waals surface area contributed by atoms with E-state index in [1.807, 2.05) is 18.2 Å². The Balaban J connectivity index is 1.50. The third kappa shape index (κ3) is 5.33. The Labute approximate surface area is 196 Å². The van der Waals surface area contributed by atoms with Gasteiger partial charge in [-0.2, -0.15) is 0 Å². The maximum Gasteiger partial charge on any atom is 0.323 e. The molecule has 0 fully saturated rings. The standard InChI is InChI=1S/C24H21Cl2N3O3/c1-15-23(30)29(13-16-5-7-18(25)8-6-16)14-17-11-21(9-10-22(17)32-15)28-24(31)27-20-4-2-3-19(26)12-20/h2-12,15H,13-14H2,1H3,(H2,27,28,31). The Morgan fingerprint density at radius 2 is 1.72 bits per heavy atom. The molecule has 0 aliphatic carbocycles. The average molecular weight is 470 g/mol. The summed E-state index contributed by atoms with van der Waals surface area (Å²) in [7, 11) is 0. The van der Waals surface area contributed by atoms with Crippen LogP contribution in [0.15, 0.2) is 66.7 Å². The highest BCUT2D eigenvalue weighted by Gasteiger charge is 2.28. The van der Waals surface area contributed by atoms with Crippen molar-refractivity contribution in [2.45, 2.75) is 26.1 Å². The molecule has 32 heavy (non-hydrogen) atoms. The van der Waals surface area contributed by atoms with E-state index in [1.165, 1.54) is 0 Å². The van der Waals surface area contributed by atoms with Crippen LogP contribution in [0, 0.1) is 0 Å². The molecule has 3 aromatic carbocycles. The van der Waals surface area contributed by atoms with Gasteiger partial charge in [-0.15, -0.1) is 0 Å². The molecule has 1 unspecified atom stereocenters. The summed E-state index contributed by atoms with van der Waals surface area (Å²) in [6.45, 7) is 2.51. The molecule has 2 N–H and O–H groups in total. The number of benzene rings is 3. The number of halogens is 2. The fraction of sp³-hybridized carbons (Fsp3) is 0.167. The Bertz CT molecular complexity index is 1150. The van der Waals surface area contributed by atoms with E-state index in [0.29, 0.717) is 40.3 Å². The van der Waals surface area contributed by atoms with Crippen molar-refractivity contribution < 1.29 is 14.3 Å². The van der Waals surface area contributed by atoms with Gasteiger partial charge in [0.25, 0.3) is 5.91 Å². The van der Waals surface area contributed by atoms with E-state index >= 15 is 0 Å². The lowest BCUT2D eigenvalue weighted by atomic mass is 10.1. The second kappa shape index (κ2) is 9.51. The van der Waals surface area contributed by atoms with Crippen molar-refractivity contribution in [1.82, 2.24) is 4.90 Å². The predicted octanol–water partition coefficient (Wildman–Crippen LogP) is 5.95. The van der Waals surface area contributed by atoms with Crippen molar-refractivity contribution in [2.24, 2.45) is 0 Å². The van der Waals surface area contributed by atoms with E-state index in [4.69, 9.17) is 27.9 Å². The van der Waals surface area contributed by atoms with Crippen molar-refractivity contribution in [3.05, 3.63) is 87.9 Å². The molecular formula is C24H21Cl2N3O3. The maximum atomic E-state index is 12.9. The van der Waals surface area contributed by atoms with Crippen LogP contribution in [0.25, 0.3) is 0 Å². The molecule has 0 bridgehead atoms.